The van der Waals surface area contributed by atoms with E-state index in [0.717, 1.165) is 35.0 Å². The third kappa shape index (κ3) is 2.63. The molecule has 5 heteroatoms. The van der Waals surface area contributed by atoms with Gasteiger partial charge in [-0.05, 0) is 54.8 Å². The Kier molecular flexibility index (Phi) is 4.19. The number of nitrogens with zero attached hydrogens (tertiary/aromatic N) is 1. The van der Waals surface area contributed by atoms with Gasteiger partial charge in [0.25, 0.3) is 5.91 Å². The maximum atomic E-state index is 13.4. The monoisotopic (exact) mass is 320 g/mol. The van der Waals surface area contributed by atoms with Crippen LogP contribution in [0.2, 0.25) is 0 Å². The Hall–Kier alpha value is -1.46. The molecule has 1 fully saturated rings. The highest BCUT2D eigenvalue weighted by atomic mass is 32.1. The van der Waals surface area contributed by atoms with Crippen molar-refractivity contribution in [3.63, 3.8) is 0 Å². The largest absolute Gasteiger partial charge is 0.334 e. The van der Waals surface area contributed by atoms with Gasteiger partial charge in [-0.2, -0.15) is 0 Å². The van der Waals surface area contributed by atoms with Gasteiger partial charge in [-0.15, -0.1) is 11.3 Å². The number of rotatable bonds is 2. The van der Waals surface area contributed by atoms with Gasteiger partial charge < -0.3 is 10.6 Å². The molecule has 3 rings (SSSR count). The first-order chi connectivity index (χ1) is 10.5. The van der Waals surface area contributed by atoms with Crippen molar-refractivity contribution >= 4 is 27.3 Å². The van der Waals surface area contributed by atoms with Gasteiger partial charge in [-0.3, -0.25) is 4.79 Å². The molecule has 2 unspecified atom stereocenters. The minimum Gasteiger partial charge on any atom is -0.334 e. The number of halogens is 1. The predicted octanol–water partition coefficient (Wildman–Crippen LogP) is 3.55. The van der Waals surface area contributed by atoms with Crippen LogP contribution in [0.5, 0.6) is 0 Å². The number of hydrogen-bond donors (Lipinski definition) is 1. The molecule has 0 radical (unpaired) electrons. The van der Waals surface area contributed by atoms with E-state index in [1.807, 2.05) is 11.8 Å². The third-order valence-electron chi connectivity index (χ3n) is 4.60. The summed E-state index contributed by atoms with van der Waals surface area (Å²) in [6, 6.07) is 4.81. The lowest BCUT2D eigenvalue weighted by Gasteiger charge is -2.37. The minimum atomic E-state index is -0.265. The van der Waals surface area contributed by atoms with Gasteiger partial charge in [0, 0.05) is 23.8 Å². The van der Waals surface area contributed by atoms with E-state index in [0.29, 0.717) is 17.3 Å². The lowest BCUT2D eigenvalue weighted by atomic mass is 9.92. The van der Waals surface area contributed by atoms with Crippen LogP contribution in [0.25, 0.3) is 10.1 Å². The smallest absolute Gasteiger partial charge is 0.264 e. The molecule has 0 aliphatic carbocycles. The van der Waals surface area contributed by atoms with Crippen LogP contribution < -0.4 is 5.73 Å². The van der Waals surface area contributed by atoms with Crippen molar-refractivity contribution in [1.82, 2.24) is 4.90 Å². The maximum absolute atomic E-state index is 13.4. The van der Waals surface area contributed by atoms with Crippen molar-refractivity contribution in [1.29, 1.82) is 0 Å². The van der Waals surface area contributed by atoms with Gasteiger partial charge in [0.15, 0.2) is 0 Å². The summed E-state index contributed by atoms with van der Waals surface area (Å²) in [6.07, 6.45) is 1.97. The van der Waals surface area contributed by atoms with E-state index in [2.05, 4.69) is 6.92 Å². The Morgan fingerprint density at radius 1 is 1.50 bits per heavy atom. The van der Waals surface area contributed by atoms with Crippen LogP contribution in [0, 0.1) is 18.7 Å². The van der Waals surface area contributed by atoms with Crippen LogP contribution in [0.15, 0.2) is 18.2 Å². The van der Waals surface area contributed by atoms with Crippen molar-refractivity contribution in [3.05, 3.63) is 34.5 Å². The summed E-state index contributed by atoms with van der Waals surface area (Å²) in [4.78, 5) is 15.6. The molecule has 2 N–H and O–H groups in total. The van der Waals surface area contributed by atoms with Gasteiger partial charge in [-0.1, -0.05) is 6.92 Å². The average molecular weight is 320 g/mol. The molecule has 2 heterocycles. The van der Waals surface area contributed by atoms with E-state index in [1.54, 1.807) is 6.07 Å². The first-order valence-electron chi connectivity index (χ1n) is 7.71. The van der Waals surface area contributed by atoms with E-state index in [4.69, 9.17) is 5.73 Å². The molecule has 2 atom stereocenters. The van der Waals surface area contributed by atoms with Crippen LogP contribution in [-0.4, -0.2) is 29.9 Å². The lowest BCUT2D eigenvalue weighted by Crippen LogP contribution is -2.49. The normalized spacial score (nSPS) is 22.3. The summed E-state index contributed by atoms with van der Waals surface area (Å²) in [5, 5.41) is 0.836. The van der Waals surface area contributed by atoms with Crippen LogP contribution in [0.4, 0.5) is 4.39 Å². The summed E-state index contributed by atoms with van der Waals surface area (Å²) >= 11 is 1.45. The number of thiophene rings is 1. The highest BCUT2D eigenvalue weighted by Crippen LogP contribution is 2.33. The number of amides is 1. The number of hydrogen-bond acceptors (Lipinski definition) is 3. The van der Waals surface area contributed by atoms with Crippen molar-refractivity contribution in [2.24, 2.45) is 11.7 Å². The first kappa shape index (κ1) is 15.4. The zero-order valence-electron chi connectivity index (χ0n) is 12.9. The molecule has 3 nitrogen and oxygen atoms in total. The minimum absolute atomic E-state index is 0.0430. The quantitative estimate of drug-likeness (QED) is 0.920. The Labute approximate surface area is 133 Å². The van der Waals surface area contributed by atoms with Gasteiger partial charge in [-0.25, -0.2) is 4.39 Å². The van der Waals surface area contributed by atoms with Crippen LogP contribution >= 0.6 is 11.3 Å². The molecule has 2 aromatic rings. The summed E-state index contributed by atoms with van der Waals surface area (Å²) in [5.41, 5.74) is 6.74. The van der Waals surface area contributed by atoms with E-state index < -0.39 is 0 Å². The molecule has 22 heavy (non-hydrogen) atoms. The molecule has 0 spiro atoms. The second-order valence-electron chi connectivity index (χ2n) is 6.21. The summed E-state index contributed by atoms with van der Waals surface area (Å²) < 4.78 is 14.4. The second kappa shape index (κ2) is 5.97. The highest BCUT2D eigenvalue weighted by molar-refractivity contribution is 7.21. The van der Waals surface area contributed by atoms with Gasteiger partial charge in [0.2, 0.25) is 0 Å². The summed E-state index contributed by atoms with van der Waals surface area (Å²) in [5.74, 6) is 0.385. The van der Waals surface area contributed by atoms with Crippen LogP contribution in [0.1, 0.15) is 35.0 Å². The van der Waals surface area contributed by atoms with Gasteiger partial charge >= 0.3 is 0 Å². The molecule has 1 aromatic heterocycles. The zero-order chi connectivity index (χ0) is 15.9. The topological polar surface area (TPSA) is 46.3 Å². The van der Waals surface area contributed by atoms with Gasteiger partial charge in [0.1, 0.15) is 5.82 Å². The number of piperidine rings is 1. The van der Waals surface area contributed by atoms with Crippen molar-refractivity contribution in [2.75, 3.05) is 13.1 Å². The number of fused-ring (bicyclic) bond motifs is 1. The molecular weight excluding hydrogens is 299 g/mol. The SMILES string of the molecule is Cc1c(C(=O)N2CCC(C)CC2CN)sc2ccc(F)cc12. The lowest BCUT2D eigenvalue weighted by molar-refractivity contribution is 0.0578. The number of aryl methyl sites for hydroxylation is 1. The molecule has 118 valence electrons. The van der Waals surface area contributed by atoms with Crippen molar-refractivity contribution in [3.8, 4) is 0 Å². The first-order valence-corrected chi connectivity index (χ1v) is 8.52. The fraction of sp³-hybridized carbons (Fsp3) is 0.471. The molecule has 1 aliphatic rings. The molecule has 1 amide bonds. The Balaban J connectivity index is 1.96. The fourth-order valence-electron chi connectivity index (χ4n) is 3.27. The number of likely N-dealkylation sites (tertiary alicyclic amines) is 1. The standard InChI is InChI=1S/C17H21FN2OS/c1-10-5-6-20(13(7-10)9-19)17(21)16-11(2)14-8-12(18)3-4-15(14)22-16/h3-4,8,10,13H,5-7,9,19H2,1-2H3. The molecule has 0 bridgehead atoms. The van der Waals surface area contributed by atoms with Crippen molar-refractivity contribution in [2.45, 2.75) is 32.7 Å². The summed E-state index contributed by atoms with van der Waals surface area (Å²) in [6.45, 7) is 5.35. The molecule has 1 aromatic carbocycles. The average Bonchev–Trinajstić information content (AvgIpc) is 2.83. The number of nitrogens with two attached hydrogens (primary N) is 1. The molecule has 1 aliphatic heterocycles. The Bertz CT molecular complexity index is 712. The van der Waals surface area contributed by atoms with Crippen LogP contribution in [0.3, 0.4) is 0 Å². The molecule has 0 saturated carbocycles. The Morgan fingerprint density at radius 2 is 2.27 bits per heavy atom. The number of benzene rings is 1. The highest BCUT2D eigenvalue weighted by Gasteiger charge is 2.31. The number of carbonyl (C=O) groups excluding carboxylic acids is 1. The van der Waals surface area contributed by atoms with Crippen molar-refractivity contribution < 1.29 is 9.18 Å². The predicted molar refractivity (Wildman–Crippen MR) is 88.8 cm³/mol. The van der Waals surface area contributed by atoms with Gasteiger partial charge in [0.05, 0.1) is 4.88 Å². The molecular formula is C17H21FN2OS. The van der Waals surface area contributed by atoms with E-state index in [-0.39, 0.29) is 17.8 Å². The van der Waals surface area contributed by atoms with E-state index >= 15 is 0 Å². The van der Waals surface area contributed by atoms with E-state index in [1.165, 1.54) is 23.5 Å². The maximum Gasteiger partial charge on any atom is 0.264 e. The third-order valence-corrected chi connectivity index (χ3v) is 5.86. The fourth-order valence-corrected chi connectivity index (χ4v) is 4.42. The molecule has 1 saturated heterocycles. The van der Waals surface area contributed by atoms with E-state index in [9.17, 15) is 9.18 Å². The summed E-state index contributed by atoms with van der Waals surface area (Å²) in [7, 11) is 0. The second-order valence-corrected chi connectivity index (χ2v) is 7.27. The zero-order valence-corrected chi connectivity index (χ0v) is 13.8. The Morgan fingerprint density at radius 3 is 3.00 bits per heavy atom. The van der Waals surface area contributed by atoms with Crippen LogP contribution in [-0.2, 0) is 0 Å². The number of carbonyl (C=O) groups is 1.